The third-order valence-electron chi connectivity index (χ3n) is 3.17. The van der Waals surface area contributed by atoms with E-state index in [1.54, 1.807) is 17.5 Å². The molecule has 3 heteroatoms. The maximum Gasteiger partial charge on any atom is 0.167 e. The molecule has 2 aromatic heterocycles. The molecule has 0 fully saturated rings. The van der Waals surface area contributed by atoms with Crippen LogP contribution in [0, 0.1) is 0 Å². The Morgan fingerprint density at radius 1 is 0.944 bits per heavy atom. The molecule has 86 valence electrons. The van der Waals surface area contributed by atoms with Gasteiger partial charge in [0.15, 0.2) is 5.58 Å². The van der Waals surface area contributed by atoms with Crippen LogP contribution in [0.4, 0.5) is 0 Å². The summed E-state index contributed by atoms with van der Waals surface area (Å²) in [5.74, 6) is 0. The summed E-state index contributed by atoms with van der Waals surface area (Å²) in [5, 5.41) is 8.36. The first-order valence-corrected chi connectivity index (χ1v) is 6.61. The maximum absolute atomic E-state index is 5.23. The summed E-state index contributed by atoms with van der Waals surface area (Å²) in [5.41, 5.74) is 3.26. The fourth-order valence-electron chi connectivity index (χ4n) is 2.33. The largest absolute Gasteiger partial charge is 0.356 e. The van der Waals surface area contributed by atoms with Crippen LogP contribution in [0.2, 0.25) is 0 Å². The third kappa shape index (κ3) is 1.31. The van der Waals surface area contributed by atoms with Gasteiger partial charge in [-0.15, -0.1) is 11.3 Å². The van der Waals surface area contributed by atoms with E-state index in [4.69, 9.17) is 4.52 Å². The molecule has 2 heterocycles. The predicted octanol–water partition coefficient (Wildman–Crippen LogP) is 4.71. The highest BCUT2D eigenvalue weighted by molar-refractivity contribution is 7.17. The molecule has 0 aliphatic rings. The van der Waals surface area contributed by atoms with Crippen LogP contribution in [0.25, 0.3) is 32.2 Å². The summed E-state index contributed by atoms with van der Waals surface area (Å²) in [6.07, 6.45) is 1.79. The van der Waals surface area contributed by atoms with E-state index in [0.29, 0.717) is 0 Å². The molecule has 0 atom stereocenters. The second-order valence-electron chi connectivity index (χ2n) is 4.19. The highest BCUT2D eigenvalue weighted by atomic mass is 32.1. The summed E-state index contributed by atoms with van der Waals surface area (Å²) in [4.78, 5) is 0. The average molecular weight is 251 g/mol. The maximum atomic E-state index is 5.23. The molecule has 0 N–H and O–H groups in total. The lowest BCUT2D eigenvalue weighted by Gasteiger charge is -2.04. The topological polar surface area (TPSA) is 26.0 Å². The van der Waals surface area contributed by atoms with Crippen molar-refractivity contribution in [2.45, 2.75) is 0 Å². The lowest BCUT2D eigenvalue weighted by Crippen LogP contribution is -1.78. The summed E-state index contributed by atoms with van der Waals surface area (Å²) in [6.45, 7) is 0. The quantitative estimate of drug-likeness (QED) is 0.489. The zero-order valence-electron chi connectivity index (χ0n) is 9.46. The smallest absolute Gasteiger partial charge is 0.167 e. The highest BCUT2D eigenvalue weighted by Crippen LogP contribution is 2.36. The number of nitrogens with zero attached hydrogens (tertiary/aromatic N) is 1. The number of rotatable bonds is 1. The van der Waals surface area contributed by atoms with Crippen LogP contribution < -0.4 is 0 Å². The zero-order valence-corrected chi connectivity index (χ0v) is 10.3. The van der Waals surface area contributed by atoms with E-state index in [0.717, 1.165) is 11.0 Å². The lowest BCUT2D eigenvalue weighted by atomic mass is 10.0. The molecule has 18 heavy (non-hydrogen) atoms. The normalized spacial score (nSPS) is 11.3. The Kier molecular flexibility index (Phi) is 2.02. The average Bonchev–Trinajstić information content (AvgIpc) is 3.06. The number of thiophene rings is 1. The molecule has 4 aromatic rings. The molecule has 0 bridgehead atoms. The number of fused-ring (bicyclic) bond motifs is 2. The fraction of sp³-hybridized carbons (Fsp3) is 0. The number of benzene rings is 2. The van der Waals surface area contributed by atoms with Crippen molar-refractivity contribution in [3.05, 3.63) is 54.0 Å². The number of hydrogen-bond donors (Lipinski definition) is 0. The van der Waals surface area contributed by atoms with E-state index in [1.165, 1.54) is 21.2 Å². The molecule has 0 aliphatic carbocycles. The van der Waals surface area contributed by atoms with Crippen molar-refractivity contribution in [2.24, 2.45) is 0 Å². The van der Waals surface area contributed by atoms with Gasteiger partial charge in [0, 0.05) is 15.6 Å². The van der Waals surface area contributed by atoms with Gasteiger partial charge in [-0.1, -0.05) is 35.5 Å². The van der Waals surface area contributed by atoms with E-state index < -0.39 is 0 Å². The minimum absolute atomic E-state index is 0.834. The Balaban J connectivity index is 2.13. The van der Waals surface area contributed by atoms with Crippen LogP contribution in [-0.4, -0.2) is 5.16 Å². The van der Waals surface area contributed by atoms with Crippen molar-refractivity contribution in [1.82, 2.24) is 5.16 Å². The van der Waals surface area contributed by atoms with Crippen molar-refractivity contribution in [1.29, 1.82) is 0 Å². The molecule has 4 rings (SSSR count). The van der Waals surface area contributed by atoms with Crippen LogP contribution >= 0.6 is 11.3 Å². The van der Waals surface area contributed by atoms with Crippen LogP contribution in [0.15, 0.2) is 58.6 Å². The predicted molar refractivity (Wildman–Crippen MR) is 74.8 cm³/mol. The third-order valence-corrected chi connectivity index (χ3v) is 4.13. The van der Waals surface area contributed by atoms with Crippen LogP contribution in [-0.2, 0) is 0 Å². The number of aromatic nitrogens is 1. The van der Waals surface area contributed by atoms with Crippen LogP contribution in [0.3, 0.4) is 0 Å². The minimum Gasteiger partial charge on any atom is -0.356 e. The van der Waals surface area contributed by atoms with Gasteiger partial charge in [0.05, 0.1) is 6.20 Å². The molecule has 0 amide bonds. The van der Waals surface area contributed by atoms with Gasteiger partial charge in [-0.3, -0.25) is 0 Å². The standard InChI is InChI=1S/C15H9NOS/c1-3-10-7-8-18-15(10)12(5-1)11-4-2-6-14-13(11)9-16-17-14/h1-9H. The first-order valence-electron chi connectivity index (χ1n) is 5.73. The SMILES string of the molecule is c1cc(-c2cccc3oncc23)c2sccc2c1. The fourth-order valence-corrected chi connectivity index (χ4v) is 3.26. The van der Waals surface area contributed by atoms with Gasteiger partial charge in [-0.2, -0.15) is 0 Å². The molecule has 2 aromatic carbocycles. The van der Waals surface area contributed by atoms with Gasteiger partial charge in [0.2, 0.25) is 0 Å². The highest BCUT2D eigenvalue weighted by Gasteiger charge is 2.10. The van der Waals surface area contributed by atoms with Gasteiger partial charge < -0.3 is 4.52 Å². The van der Waals surface area contributed by atoms with Crippen LogP contribution in [0.5, 0.6) is 0 Å². The van der Waals surface area contributed by atoms with E-state index in [2.05, 4.69) is 40.9 Å². The molecular weight excluding hydrogens is 242 g/mol. The first-order chi connectivity index (χ1) is 8.93. The van der Waals surface area contributed by atoms with Crippen molar-refractivity contribution < 1.29 is 4.52 Å². The molecule has 0 radical (unpaired) electrons. The molecular formula is C15H9NOS. The van der Waals surface area contributed by atoms with Crippen molar-refractivity contribution in [3.8, 4) is 11.1 Å². The molecule has 0 aliphatic heterocycles. The van der Waals surface area contributed by atoms with Gasteiger partial charge in [0.25, 0.3) is 0 Å². The minimum atomic E-state index is 0.834. The second-order valence-corrected chi connectivity index (χ2v) is 5.10. The summed E-state index contributed by atoms with van der Waals surface area (Å²) >= 11 is 1.77. The van der Waals surface area contributed by atoms with E-state index in [1.807, 2.05) is 12.1 Å². The Morgan fingerprint density at radius 3 is 2.83 bits per heavy atom. The molecule has 0 saturated carbocycles. The summed E-state index contributed by atoms with van der Waals surface area (Å²) in [6, 6.07) is 14.6. The summed E-state index contributed by atoms with van der Waals surface area (Å²) in [7, 11) is 0. The van der Waals surface area contributed by atoms with E-state index >= 15 is 0 Å². The Bertz CT molecular complexity index is 772. The van der Waals surface area contributed by atoms with Crippen LogP contribution in [0.1, 0.15) is 0 Å². The molecule has 2 nitrogen and oxygen atoms in total. The van der Waals surface area contributed by atoms with Gasteiger partial charge >= 0.3 is 0 Å². The Morgan fingerprint density at radius 2 is 1.83 bits per heavy atom. The lowest BCUT2D eigenvalue weighted by molar-refractivity contribution is 0.456. The second kappa shape index (κ2) is 3.68. The molecule has 0 unspecified atom stereocenters. The van der Waals surface area contributed by atoms with Gasteiger partial charge in [-0.05, 0) is 28.5 Å². The number of hydrogen-bond acceptors (Lipinski definition) is 3. The Hall–Kier alpha value is -2.13. The first kappa shape index (κ1) is 9.85. The van der Waals surface area contributed by atoms with E-state index in [-0.39, 0.29) is 0 Å². The molecule has 0 spiro atoms. The van der Waals surface area contributed by atoms with Crippen molar-refractivity contribution in [2.75, 3.05) is 0 Å². The van der Waals surface area contributed by atoms with Gasteiger partial charge in [0.1, 0.15) is 0 Å². The molecule has 0 saturated heterocycles. The summed E-state index contributed by atoms with van der Waals surface area (Å²) < 4.78 is 6.54. The van der Waals surface area contributed by atoms with Crippen molar-refractivity contribution in [3.63, 3.8) is 0 Å². The monoisotopic (exact) mass is 251 g/mol. The zero-order chi connectivity index (χ0) is 11.9. The van der Waals surface area contributed by atoms with Crippen molar-refractivity contribution >= 4 is 32.4 Å². The van der Waals surface area contributed by atoms with E-state index in [9.17, 15) is 0 Å². The van der Waals surface area contributed by atoms with Gasteiger partial charge in [-0.25, -0.2) is 0 Å². The Labute approximate surface area is 107 Å².